The molecular formula is C18H14N4O2S. The van der Waals surface area contributed by atoms with E-state index in [2.05, 4.69) is 20.3 Å². The predicted octanol–water partition coefficient (Wildman–Crippen LogP) is 3.81. The number of hydrogen-bond acceptors (Lipinski definition) is 6. The van der Waals surface area contributed by atoms with Crippen molar-refractivity contribution in [2.45, 2.75) is 6.92 Å². The Balaban J connectivity index is 1.67. The highest BCUT2D eigenvalue weighted by molar-refractivity contribution is 7.22. The molecule has 0 saturated carbocycles. The summed E-state index contributed by atoms with van der Waals surface area (Å²) in [5.41, 5.74) is 3.79. The first-order valence-corrected chi connectivity index (χ1v) is 8.43. The first-order chi connectivity index (χ1) is 12.2. The second-order valence-electron chi connectivity index (χ2n) is 5.50. The minimum atomic E-state index is -0.233. The Kier molecular flexibility index (Phi) is 3.77. The molecule has 0 aliphatic carbocycles. The summed E-state index contributed by atoms with van der Waals surface area (Å²) < 4.78 is 6.35. The van der Waals surface area contributed by atoms with Crippen LogP contribution in [-0.4, -0.2) is 28.0 Å². The van der Waals surface area contributed by atoms with Gasteiger partial charge in [0.2, 0.25) is 0 Å². The molecule has 7 heteroatoms. The summed E-state index contributed by atoms with van der Waals surface area (Å²) in [6, 6.07) is 9.09. The molecule has 124 valence electrons. The van der Waals surface area contributed by atoms with Gasteiger partial charge in [-0.05, 0) is 36.8 Å². The standard InChI is InChI=1S/C18H14N4O2S/c1-10-3-6-14(24-2)15-16(10)25-18(21-15)22-17(23)11-4-5-12-13(9-11)20-8-7-19-12/h3-9H,1-2H3,(H,21,22,23). The fourth-order valence-corrected chi connectivity index (χ4v) is 3.55. The molecular weight excluding hydrogens is 336 g/mol. The van der Waals surface area contributed by atoms with E-state index < -0.39 is 0 Å². The zero-order valence-corrected chi connectivity index (χ0v) is 14.4. The van der Waals surface area contributed by atoms with E-state index in [4.69, 9.17) is 4.74 Å². The highest BCUT2D eigenvalue weighted by atomic mass is 32.1. The number of anilines is 1. The summed E-state index contributed by atoms with van der Waals surface area (Å²) in [5.74, 6) is 0.460. The monoisotopic (exact) mass is 350 g/mol. The van der Waals surface area contributed by atoms with Crippen LogP contribution in [0.15, 0.2) is 42.7 Å². The molecule has 4 rings (SSSR count). The number of rotatable bonds is 3. The number of ether oxygens (including phenoxy) is 1. The van der Waals surface area contributed by atoms with Crippen LogP contribution in [0, 0.1) is 6.92 Å². The van der Waals surface area contributed by atoms with Crippen LogP contribution in [0.2, 0.25) is 0 Å². The zero-order valence-electron chi connectivity index (χ0n) is 13.6. The number of thiazole rings is 1. The first kappa shape index (κ1) is 15.5. The van der Waals surface area contributed by atoms with E-state index in [1.807, 2.05) is 19.1 Å². The van der Waals surface area contributed by atoms with Gasteiger partial charge < -0.3 is 4.74 Å². The summed E-state index contributed by atoms with van der Waals surface area (Å²) in [6.07, 6.45) is 3.23. The van der Waals surface area contributed by atoms with Crippen molar-refractivity contribution in [2.24, 2.45) is 0 Å². The van der Waals surface area contributed by atoms with Crippen molar-refractivity contribution in [2.75, 3.05) is 12.4 Å². The van der Waals surface area contributed by atoms with Gasteiger partial charge in [-0.1, -0.05) is 17.4 Å². The van der Waals surface area contributed by atoms with Crippen molar-refractivity contribution in [3.8, 4) is 5.75 Å². The first-order valence-electron chi connectivity index (χ1n) is 7.62. The summed E-state index contributed by atoms with van der Waals surface area (Å²) in [7, 11) is 1.61. The number of amides is 1. The lowest BCUT2D eigenvalue weighted by Gasteiger charge is -2.02. The summed E-state index contributed by atoms with van der Waals surface area (Å²) in [4.78, 5) is 25.5. The van der Waals surface area contributed by atoms with Crippen molar-refractivity contribution in [1.82, 2.24) is 15.0 Å². The maximum absolute atomic E-state index is 12.6. The second-order valence-corrected chi connectivity index (χ2v) is 6.49. The fraction of sp³-hybridized carbons (Fsp3) is 0.111. The molecule has 2 aromatic carbocycles. The Morgan fingerprint density at radius 3 is 2.72 bits per heavy atom. The van der Waals surface area contributed by atoms with Gasteiger partial charge in [0, 0.05) is 18.0 Å². The van der Waals surface area contributed by atoms with E-state index in [0.29, 0.717) is 22.0 Å². The van der Waals surface area contributed by atoms with Gasteiger partial charge in [-0.2, -0.15) is 0 Å². The SMILES string of the molecule is COc1ccc(C)c2sc(NC(=O)c3ccc4nccnc4c3)nc12. The Bertz CT molecular complexity index is 1110. The Labute approximate surface area is 147 Å². The molecule has 0 radical (unpaired) electrons. The van der Waals surface area contributed by atoms with Crippen molar-refractivity contribution in [3.05, 3.63) is 53.9 Å². The molecule has 25 heavy (non-hydrogen) atoms. The van der Waals surface area contributed by atoms with Crippen LogP contribution in [0.3, 0.4) is 0 Å². The van der Waals surface area contributed by atoms with Crippen LogP contribution in [0.5, 0.6) is 5.75 Å². The largest absolute Gasteiger partial charge is 0.494 e. The molecule has 0 bridgehead atoms. The van der Waals surface area contributed by atoms with E-state index in [1.165, 1.54) is 11.3 Å². The predicted molar refractivity (Wildman–Crippen MR) is 98.4 cm³/mol. The third-order valence-corrected chi connectivity index (χ3v) is 4.98. The fourth-order valence-electron chi connectivity index (χ4n) is 2.60. The van der Waals surface area contributed by atoms with Crippen molar-refractivity contribution in [3.63, 3.8) is 0 Å². The smallest absolute Gasteiger partial charge is 0.257 e. The molecule has 0 aliphatic heterocycles. The number of fused-ring (bicyclic) bond motifs is 2. The lowest BCUT2D eigenvalue weighted by atomic mass is 10.2. The van der Waals surface area contributed by atoms with E-state index in [0.717, 1.165) is 21.3 Å². The Morgan fingerprint density at radius 2 is 1.92 bits per heavy atom. The molecule has 2 heterocycles. The van der Waals surface area contributed by atoms with Crippen molar-refractivity contribution < 1.29 is 9.53 Å². The molecule has 0 unspecified atom stereocenters. The van der Waals surface area contributed by atoms with E-state index in [9.17, 15) is 4.79 Å². The lowest BCUT2D eigenvalue weighted by molar-refractivity contribution is 0.102. The Morgan fingerprint density at radius 1 is 1.12 bits per heavy atom. The third-order valence-electron chi connectivity index (χ3n) is 3.88. The number of nitrogens with one attached hydrogen (secondary N) is 1. The molecule has 2 aromatic heterocycles. The van der Waals surface area contributed by atoms with Crippen LogP contribution in [0.4, 0.5) is 5.13 Å². The molecule has 1 amide bonds. The molecule has 0 spiro atoms. The van der Waals surface area contributed by atoms with Gasteiger partial charge in [0.15, 0.2) is 5.13 Å². The average molecular weight is 350 g/mol. The van der Waals surface area contributed by atoms with Crippen LogP contribution >= 0.6 is 11.3 Å². The number of hydrogen-bond donors (Lipinski definition) is 1. The quantitative estimate of drug-likeness (QED) is 0.608. The number of aryl methyl sites for hydroxylation is 1. The van der Waals surface area contributed by atoms with Gasteiger partial charge in [0.1, 0.15) is 11.3 Å². The minimum absolute atomic E-state index is 0.233. The van der Waals surface area contributed by atoms with Gasteiger partial charge in [-0.15, -0.1) is 0 Å². The third kappa shape index (κ3) is 2.78. The Hall–Kier alpha value is -3.06. The van der Waals surface area contributed by atoms with Crippen LogP contribution in [-0.2, 0) is 0 Å². The number of carbonyl (C=O) groups excluding carboxylic acids is 1. The number of aromatic nitrogens is 3. The maximum Gasteiger partial charge on any atom is 0.257 e. The summed E-state index contributed by atoms with van der Waals surface area (Å²) in [5, 5.41) is 3.39. The zero-order chi connectivity index (χ0) is 17.4. The van der Waals surface area contributed by atoms with Gasteiger partial charge in [0.05, 0.1) is 22.8 Å². The summed E-state index contributed by atoms with van der Waals surface area (Å²) in [6.45, 7) is 2.01. The summed E-state index contributed by atoms with van der Waals surface area (Å²) >= 11 is 1.43. The van der Waals surface area contributed by atoms with Crippen molar-refractivity contribution >= 4 is 43.6 Å². The van der Waals surface area contributed by atoms with Crippen molar-refractivity contribution in [1.29, 1.82) is 0 Å². The van der Waals surface area contributed by atoms with Gasteiger partial charge >= 0.3 is 0 Å². The van der Waals surface area contributed by atoms with E-state index in [-0.39, 0.29) is 5.91 Å². The number of nitrogens with zero attached hydrogens (tertiary/aromatic N) is 3. The van der Waals surface area contributed by atoms with E-state index in [1.54, 1.807) is 37.7 Å². The molecule has 0 aliphatic rings. The highest BCUT2D eigenvalue weighted by Gasteiger charge is 2.14. The molecule has 4 aromatic rings. The molecule has 1 N–H and O–H groups in total. The average Bonchev–Trinajstić information content (AvgIpc) is 3.06. The molecule has 0 saturated heterocycles. The van der Waals surface area contributed by atoms with Gasteiger partial charge in [0.25, 0.3) is 5.91 Å². The van der Waals surface area contributed by atoms with Crippen LogP contribution in [0.25, 0.3) is 21.3 Å². The minimum Gasteiger partial charge on any atom is -0.494 e. The van der Waals surface area contributed by atoms with Gasteiger partial charge in [-0.25, -0.2) is 4.98 Å². The molecule has 0 atom stereocenters. The number of benzene rings is 2. The highest BCUT2D eigenvalue weighted by Crippen LogP contribution is 2.34. The second kappa shape index (κ2) is 6.10. The molecule has 0 fully saturated rings. The maximum atomic E-state index is 12.6. The normalized spacial score (nSPS) is 11.0. The lowest BCUT2D eigenvalue weighted by Crippen LogP contribution is -2.11. The topological polar surface area (TPSA) is 77.0 Å². The van der Waals surface area contributed by atoms with Gasteiger partial charge in [-0.3, -0.25) is 20.1 Å². The van der Waals surface area contributed by atoms with Crippen LogP contribution < -0.4 is 10.1 Å². The van der Waals surface area contributed by atoms with E-state index >= 15 is 0 Å². The van der Waals surface area contributed by atoms with Crippen LogP contribution in [0.1, 0.15) is 15.9 Å². The number of carbonyl (C=O) groups is 1. The molecule has 6 nitrogen and oxygen atoms in total. The number of methoxy groups -OCH3 is 1.